The van der Waals surface area contributed by atoms with Gasteiger partial charge < -0.3 is 10.1 Å². The van der Waals surface area contributed by atoms with E-state index in [1.54, 1.807) is 18.9 Å². The van der Waals surface area contributed by atoms with E-state index in [2.05, 4.69) is 56.6 Å². The lowest BCUT2D eigenvalue weighted by molar-refractivity contribution is 0.0128. The van der Waals surface area contributed by atoms with E-state index >= 15 is 0 Å². The third kappa shape index (κ3) is 5.00. The van der Waals surface area contributed by atoms with E-state index in [4.69, 9.17) is 4.74 Å². The van der Waals surface area contributed by atoms with Crippen LogP contribution in [-0.2, 0) is 4.74 Å². The van der Waals surface area contributed by atoms with Crippen molar-refractivity contribution in [3.63, 3.8) is 0 Å². The van der Waals surface area contributed by atoms with Crippen molar-refractivity contribution in [1.29, 1.82) is 0 Å². The van der Waals surface area contributed by atoms with Gasteiger partial charge in [0.15, 0.2) is 0 Å². The van der Waals surface area contributed by atoms with Gasteiger partial charge in [0.25, 0.3) is 0 Å². The highest BCUT2D eigenvalue weighted by Gasteiger charge is 2.19. The highest BCUT2D eigenvalue weighted by Crippen LogP contribution is 2.21. The van der Waals surface area contributed by atoms with Crippen molar-refractivity contribution in [2.45, 2.75) is 43.7 Å². The fourth-order valence-electron chi connectivity index (χ4n) is 1.84. The molecule has 3 heteroatoms. The van der Waals surface area contributed by atoms with Crippen molar-refractivity contribution < 1.29 is 4.74 Å². The molecule has 0 heterocycles. The molecule has 0 aliphatic carbocycles. The zero-order valence-electron chi connectivity index (χ0n) is 11.4. The van der Waals surface area contributed by atoms with Crippen molar-refractivity contribution >= 4 is 17.4 Å². The van der Waals surface area contributed by atoms with Gasteiger partial charge in [0, 0.05) is 23.7 Å². The maximum atomic E-state index is 5.44. The van der Waals surface area contributed by atoms with Crippen LogP contribution in [0, 0.1) is 0 Å². The van der Waals surface area contributed by atoms with Gasteiger partial charge in [-0.15, -0.1) is 11.8 Å². The first-order chi connectivity index (χ1) is 7.96. The Labute approximate surface area is 109 Å². The third-order valence-corrected chi connectivity index (χ3v) is 3.60. The van der Waals surface area contributed by atoms with Crippen LogP contribution in [0.3, 0.4) is 0 Å². The normalized spacial score (nSPS) is 13.5. The van der Waals surface area contributed by atoms with Crippen LogP contribution < -0.4 is 5.32 Å². The quantitative estimate of drug-likeness (QED) is 0.774. The molecule has 0 bridgehead atoms. The van der Waals surface area contributed by atoms with Gasteiger partial charge in [0.1, 0.15) is 0 Å². The molecule has 0 aliphatic rings. The van der Waals surface area contributed by atoms with Crippen molar-refractivity contribution in [3.05, 3.63) is 24.3 Å². The monoisotopic (exact) mass is 253 g/mol. The summed E-state index contributed by atoms with van der Waals surface area (Å²) in [5.41, 5.74) is 1.09. The Bertz CT molecular complexity index is 335. The molecular weight excluding hydrogens is 230 g/mol. The molecule has 0 amide bonds. The highest BCUT2D eigenvalue weighted by molar-refractivity contribution is 7.98. The van der Waals surface area contributed by atoms with Crippen LogP contribution in [0.5, 0.6) is 0 Å². The highest BCUT2D eigenvalue weighted by atomic mass is 32.2. The molecule has 0 radical (unpaired) electrons. The molecule has 1 aromatic carbocycles. The van der Waals surface area contributed by atoms with Gasteiger partial charge in [-0.3, -0.25) is 0 Å². The van der Waals surface area contributed by atoms with Gasteiger partial charge in [-0.25, -0.2) is 0 Å². The van der Waals surface area contributed by atoms with E-state index in [0.717, 1.165) is 6.42 Å². The van der Waals surface area contributed by atoms with E-state index in [0.29, 0.717) is 6.04 Å². The largest absolute Gasteiger partial charge is 0.382 e. The van der Waals surface area contributed by atoms with Gasteiger partial charge in [0.05, 0.1) is 5.60 Å². The van der Waals surface area contributed by atoms with E-state index in [1.165, 1.54) is 10.6 Å². The van der Waals surface area contributed by atoms with Crippen molar-refractivity contribution in [2.75, 3.05) is 18.7 Å². The number of thioether (sulfide) groups is 1. The predicted molar refractivity (Wildman–Crippen MR) is 77.0 cm³/mol. The van der Waals surface area contributed by atoms with E-state index in [9.17, 15) is 0 Å². The van der Waals surface area contributed by atoms with Crippen molar-refractivity contribution in [2.24, 2.45) is 0 Å². The Morgan fingerprint density at radius 2 is 1.88 bits per heavy atom. The van der Waals surface area contributed by atoms with Crippen LogP contribution in [0.4, 0.5) is 5.69 Å². The summed E-state index contributed by atoms with van der Waals surface area (Å²) in [6.45, 7) is 6.41. The minimum absolute atomic E-state index is 0.0778. The maximum Gasteiger partial charge on any atom is 0.0642 e. The van der Waals surface area contributed by atoms with Gasteiger partial charge in [0.2, 0.25) is 0 Å². The summed E-state index contributed by atoms with van der Waals surface area (Å²) in [4.78, 5) is 1.29. The summed E-state index contributed by atoms with van der Waals surface area (Å²) in [6.07, 6.45) is 3.07. The summed E-state index contributed by atoms with van der Waals surface area (Å²) >= 11 is 1.76. The topological polar surface area (TPSA) is 21.3 Å². The number of rotatable bonds is 6. The molecule has 0 aromatic heterocycles. The van der Waals surface area contributed by atoms with Crippen molar-refractivity contribution in [3.8, 4) is 0 Å². The fraction of sp³-hybridized carbons (Fsp3) is 0.571. The van der Waals surface area contributed by atoms with Crippen molar-refractivity contribution in [1.82, 2.24) is 0 Å². The van der Waals surface area contributed by atoms with Gasteiger partial charge in [-0.1, -0.05) is 0 Å². The second-order valence-electron chi connectivity index (χ2n) is 4.94. The number of ether oxygens (including phenoxy) is 1. The average Bonchev–Trinajstić information content (AvgIpc) is 2.29. The number of methoxy groups -OCH3 is 1. The number of hydrogen-bond acceptors (Lipinski definition) is 3. The molecule has 1 unspecified atom stereocenters. The summed E-state index contributed by atoms with van der Waals surface area (Å²) < 4.78 is 5.44. The zero-order chi connectivity index (χ0) is 12.9. The number of hydrogen-bond donors (Lipinski definition) is 1. The van der Waals surface area contributed by atoms with E-state index in [-0.39, 0.29) is 5.60 Å². The van der Waals surface area contributed by atoms with Crippen LogP contribution in [0.25, 0.3) is 0 Å². The molecule has 17 heavy (non-hydrogen) atoms. The van der Waals surface area contributed by atoms with Crippen LogP contribution >= 0.6 is 11.8 Å². The smallest absolute Gasteiger partial charge is 0.0642 e. The van der Waals surface area contributed by atoms with E-state index in [1.807, 2.05) is 0 Å². The molecule has 1 N–H and O–H groups in total. The Kier molecular flexibility index (Phi) is 5.34. The Morgan fingerprint density at radius 1 is 1.29 bits per heavy atom. The summed E-state index contributed by atoms with van der Waals surface area (Å²) in [5.74, 6) is 0. The fourth-order valence-corrected chi connectivity index (χ4v) is 2.25. The lowest BCUT2D eigenvalue weighted by Crippen LogP contribution is -2.31. The molecule has 0 fully saturated rings. The predicted octanol–water partition coefficient (Wildman–Crippen LogP) is 4.02. The average molecular weight is 253 g/mol. The summed E-state index contributed by atoms with van der Waals surface area (Å²) in [6, 6.07) is 8.93. The van der Waals surface area contributed by atoms with Gasteiger partial charge in [-0.05, 0) is 57.7 Å². The maximum absolute atomic E-state index is 5.44. The summed E-state index contributed by atoms with van der Waals surface area (Å²) in [7, 11) is 1.76. The minimum atomic E-state index is -0.0778. The number of benzene rings is 1. The summed E-state index contributed by atoms with van der Waals surface area (Å²) in [5, 5.41) is 3.49. The van der Waals surface area contributed by atoms with Crippen LogP contribution in [0.15, 0.2) is 29.2 Å². The first-order valence-corrected chi connectivity index (χ1v) is 7.15. The zero-order valence-corrected chi connectivity index (χ0v) is 12.2. The van der Waals surface area contributed by atoms with Gasteiger partial charge >= 0.3 is 0 Å². The third-order valence-electron chi connectivity index (χ3n) is 2.85. The molecule has 0 spiro atoms. The van der Waals surface area contributed by atoms with Gasteiger partial charge in [-0.2, -0.15) is 0 Å². The molecule has 0 saturated heterocycles. The lowest BCUT2D eigenvalue weighted by Gasteiger charge is -2.27. The molecule has 0 aliphatic heterocycles. The Hall–Kier alpha value is -0.670. The minimum Gasteiger partial charge on any atom is -0.382 e. The first kappa shape index (κ1) is 14.4. The van der Waals surface area contributed by atoms with Crippen LogP contribution in [0.2, 0.25) is 0 Å². The molecule has 1 atom stereocenters. The molecule has 1 rings (SSSR count). The van der Waals surface area contributed by atoms with Crippen LogP contribution in [0.1, 0.15) is 27.2 Å². The molecular formula is C14H23NOS. The standard InChI is InChI=1S/C14H23NOS/c1-11(10-14(2,3)16-4)15-12-6-8-13(17-5)9-7-12/h6-9,11,15H,10H2,1-5H3. The molecule has 0 saturated carbocycles. The lowest BCUT2D eigenvalue weighted by atomic mass is 10.00. The SMILES string of the molecule is COC(C)(C)CC(C)Nc1ccc(SC)cc1. The second-order valence-corrected chi connectivity index (χ2v) is 5.82. The molecule has 2 nitrogen and oxygen atoms in total. The van der Waals surface area contributed by atoms with Crippen LogP contribution in [-0.4, -0.2) is 25.0 Å². The number of nitrogens with one attached hydrogen (secondary N) is 1. The molecule has 1 aromatic rings. The first-order valence-electron chi connectivity index (χ1n) is 5.92. The Morgan fingerprint density at radius 3 is 2.35 bits per heavy atom. The number of anilines is 1. The second kappa shape index (κ2) is 6.31. The van der Waals surface area contributed by atoms with E-state index < -0.39 is 0 Å². The molecule has 96 valence electrons. The Balaban J connectivity index is 2.52.